The quantitative estimate of drug-likeness (QED) is 0.723. The van der Waals surface area contributed by atoms with Crippen LogP contribution >= 0.6 is 11.3 Å². The number of esters is 1. The molecule has 0 bridgehead atoms. The average molecular weight is 440 g/mol. The van der Waals surface area contributed by atoms with Crippen LogP contribution in [0.25, 0.3) is 0 Å². The highest BCUT2D eigenvalue weighted by molar-refractivity contribution is 7.89. The monoisotopic (exact) mass is 439 g/mol. The third kappa shape index (κ3) is 4.10. The molecule has 1 saturated heterocycles. The number of aromatic nitrogens is 1. The maximum atomic E-state index is 12.9. The molecule has 0 radical (unpaired) electrons. The lowest BCUT2D eigenvalue weighted by atomic mass is 10.1. The number of amides is 1. The molecule has 8 nitrogen and oxygen atoms in total. The number of hydrogen-bond acceptors (Lipinski definition) is 6. The molecule has 0 unspecified atom stereocenters. The molecule has 1 amide bonds. The van der Waals surface area contributed by atoms with Gasteiger partial charge in [0.25, 0.3) is 5.91 Å². The van der Waals surface area contributed by atoms with E-state index in [0.29, 0.717) is 23.7 Å². The number of hydrogen-bond donors (Lipinski definition) is 1. The molecule has 0 atom stereocenters. The zero-order valence-corrected chi connectivity index (χ0v) is 18.6. The molecule has 158 valence electrons. The van der Waals surface area contributed by atoms with E-state index in [4.69, 9.17) is 4.74 Å². The van der Waals surface area contributed by atoms with Crippen molar-refractivity contribution < 1.29 is 22.7 Å². The molecule has 1 aliphatic rings. The number of aryl methyl sites for hydroxylation is 2. The van der Waals surface area contributed by atoms with Gasteiger partial charge >= 0.3 is 5.97 Å². The van der Waals surface area contributed by atoms with Crippen LogP contribution < -0.4 is 5.32 Å². The van der Waals surface area contributed by atoms with Gasteiger partial charge in [-0.2, -0.15) is 4.31 Å². The zero-order chi connectivity index (χ0) is 21.3. The largest absolute Gasteiger partial charge is 0.465 e. The van der Waals surface area contributed by atoms with E-state index in [1.807, 2.05) is 6.92 Å². The van der Waals surface area contributed by atoms with Crippen LogP contribution in [0.15, 0.2) is 17.2 Å². The summed E-state index contributed by atoms with van der Waals surface area (Å²) in [5.74, 6) is -1.01. The van der Waals surface area contributed by atoms with Crippen LogP contribution in [0.4, 0.5) is 5.00 Å². The Balaban J connectivity index is 1.88. The van der Waals surface area contributed by atoms with E-state index in [1.54, 1.807) is 14.0 Å². The Hall–Kier alpha value is -2.17. The fourth-order valence-electron chi connectivity index (χ4n) is 3.39. The maximum Gasteiger partial charge on any atom is 0.341 e. The molecular weight excluding hydrogens is 414 g/mol. The number of nitrogens with one attached hydrogen (secondary N) is 1. The summed E-state index contributed by atoms with van der Waals surface area (Å²) in [5, 5.41) is 3.13. The number of carbonyl (C=O) groups is 2. The highest BCUT2D eigenvalue weighted by atomic mass is 32.2. The van der Waals surface area contributed by atoms with E-state index in [0.717, 1.165) is 29.7 Å². The second kappa shape index (κ2) is 8.29. The van der Waals surface area contributed by atoms with E-state index in [1.165, 1.54) is 39.6 Å². The van der Waals surface area contributed by atoms with E-state index >= 15 is 0 Å². The second-order valence-electron chi connectivity index (χ2n) is 7.07. The van der Waals surface area contributed by atoms with E-state index < -0.39 is 21.9 Å². The van der Waals surface area contributed by atoms with Gasteiger partial charge in [-0.15, -0.1) is 11.3 Å². The lowest BCUT2D eigenvalue weighted by Crippen LogP contribution is -2.35. The first kappa shape index (κ1) is 21.5. The highest BCUT2D eigenvalue weighted by Crippen LogP contribution is 2.33. The molecule has 10 heteroatoms. The minimum atomic E-state index is -3.64. The van der Waals surface area contributed by atoms with Crippen molar-refractivity contribution in [1.29, 1.82) is 0 Å². The molecule has 29 heavy (non-hydrogen) atoms. The summed E-state index contributed by atoms with van der Waals surface area (Å²) in [4.78, 5) is 25.9. The first-order chi connectivity index (χ1) is 13.7. The van der Waals surface area contributed by atoms with Crippen LogP contribution in [0.1, 0.15) is 50.5 Å². The van der Waals surface area contributed by atoms with Crippen molar-refractivity contribution in [2.45, 2.75) is 38.0 Å². The van der Waals surface area contributed by atoms with Crippen molar-refractivity contribution in [1.82, 2.24) is 8.87 Å². The summed E-state index contributed by atoms with van der Waals surface area (Å²) in [5.41, 5.74) is 1.26. The number of carbonyl (C=O) groups excluding carboxylic acids is 2. The molecule has 1 N–H and O–H groups in total. The van der Waals surface area contributed by atoms with Gasteiger partial charge in [0.2, 0.25) is 10.0 Å². The molecular formula is C19H25N3O5S2. The molecule has 1 aliphatic heterocycles. The molecule has 0 aliphatic carbocycles. The van der Waals surface area contributed by atoms with Crippen molar-refractivity contribution in [3.8, 4) is 0 Å². The van der Waals surface area contributed by atoms with Gasteiger partial charge in [-0.3, -0.25) is 4.79 Å². The molecule has 1 fully saturated rings. The summed E-state index contributed by atoms with van der Waals surface area (Å²) in [6.45, 7) is 4.64. The number of anilines is 1. The van der Waals surface area contributed by atoms with Crippen molar-refractivity contribution in [3.05, 3.63) is 34.0 Å². The van der Waals surface area contributed by atoms with E-state index in [9.17, 15) is 18.0 Å². The van der Waals surface area contributed by atoms with Gasteiger partial charge < -0.3 is 14.6 Å². The summed E-state index contributed by atoms with van der Waals surface area (Å²) >= 11 is 1.28. The number of methoxy groups -OCH3 is 1. The van der Waals surface area contributed by atoms with Gasteiger partial charge in [0, 0.05) is 31.2 Å². The van der Waals surface area contributed by atoms with Crippen LogP contribution in [-0.2, 0) is 21.8 Å². The lowest BCUT2D eigenvalue weighted by Gasteiger charge is -2.25. The van der Waals surface area contributed by atoms with Crippen molar-refractivity contribution in [3.63, 3.8) is 0 Å². The summed E-state index contributed by atoms with van der Waals surface area (Å²) in [7, 11) is -0.729. The van der Waals surface area contributed by atoms with Gasteiger partial charge in [0.05, 0.1) is 12.7 Å². The first-order valence-corrected chi connectivity index (χ1v) is 11.6. The van der Waals surface area contributed by atoms with E-state index in [-0.39, 0.29) is 10.6 Å². The highest BCUT2D eigenvalue weighted by Gasteiger charge is 2.29. The van der Waals surface area contributed by atoms with Crippen LogP contribution in [0, 0.1) is 13.8 Å². The van der Waals surface area contributed by atoms with Crippen molar-refractivity contribution in [2.75, 3.05) is 25.5 Å². The normalized spacial score (nSPS) is 15.3. The van der Waals surface area contributed by atoms with Crippen LogP contribution in [0.2, 0.25) is 0 Å². The maximum absolute atomic E-state index is 12.9. The summed E-state index contributed by atoms with van der Waals surface area (Å²) < 4.78 is 33.5. The second-order valence-corrected chi connectivity index (χ2v) is 10.2. The summed E-state index contributed by atoms with van der Waals surface area (Å²) in [6, 6.07) is 1.38. The number of thiophene rings is 1. The molecule has 3 heterocycles. The number of nitrogens with zero attached hydrogens (tertiary/aromatic N) is 2. The van der Waals surface area contributed by atoms with Gasteiger partial charge in [-0.05, 0) is 38.3 Å². The van der Waals surface area contributed by atoms with Crippen molar-refractivity contribution >= 4 is 38.2 Å². The molecule has 2 aromatic heterocycles. The Morgan fingerprint density at radius 2 is 1.83 bits per heavy atom. The number of rotatable bonds is 5. The third-order valence-electron chi connectivity index (χ3n) is 5.17. The minimum absolute atomic E-state index is 0.0961. The number of piperidine rings is 1. The minimum Gasteiger partial charge on any atom is -0.465 e. The summed E-state index contributed by atoms with van der Waals surface area (Å²) in [6.07, 6.45) is 4.15. The molecule has 0 spiro atoms. The Kier molecular flexibility index (Phi) is 6.16. The third-order valence-corrected chi connectivity index (χ3v) is 8.15. The van der Waals surface area contributed by atoms with Gasteiger partial charge in [0.1, 0.15) is 15.6 Å². The van der Waals surface area contributed by atoms with Gasteiger partial charge in [0.15, 0.2) is 0 Å². The Morgan fingerprint density at radius 1 is 1.17 bits per heavy atom. The predicted molar refractivity (Wildman–Crippen MR) is 111 cm³/mol. The van der Waals surface area contributed by atoms with Crippen molar-refractivity contribution in [2.24, 2.45) is 7.05 Å². The van der Waals surface area contributed by atoms with E-state index in [2.05, 4.69) is 5.32 Å². The standard InChI is InChI=1S/C19H25N3O5S2/c1-12-13(2)28-18(16(12)19(24)27-4)20-17(23)15-10-14(11-21(15)3)29(25,26)22-8-6-5-7-9-22/h10-11H,5-9H2,1-4H3,(H,20,23). The zero-order valence-electron chi connectivity index (χ0n) is 16.9. The first-order valence-electron chi connectivity index (χ1n) is 9.33. The average Bonchev–Trinajstić information content (AvgIpc) is 3.22. The molecule has 0 aromatic carbocycles. The Morgan fingerprint density at radius 3 is 2.45 bits per heavy atom. The Bertz CT molecular complexity index is 1050. The van der Waals surface area contributed by atoms with Crippen LogP contribution in [0.5, 0.6) is 0 Å². The van der Waals surface area contributed by atoms with Gasteiger partial charge in [-0.1, -0.05) is 6.42 Å². The molecule has 2 aromatic rings. The lowest BCUT2D eigenvalue weighted by molar-refractivity contribution is 0.0601. The molecule has 0 saturated carbocycles. The number of ether oxygens (including phenoxy) is 1. The van der Waals surface area contributed by atoms with Crippen LogP contribution in [0.3, 0.4) is 0 Å². The van der Waals surface area contributed by atoms with Crippen LogP contribution in [-0.4, -0.2) is 49.4 Å². The number of sulfonamides is 1. The molecule has 3 rings (SSSR count). The predicted octanol–water partition coefficient (Wildman–Crippen LogP) is 2.92. The fourth-order valence-corrected chi connectivity index (χ4v) is 6.02. The fraction of sp³-hybridized carbons (Fsp3) is 0.474. The Labute approximate surface area is 174 Å². The van der Waals surface area contributed by atoms with Gasteiger partial charge in [-0.25, -0.2) is 13.2 Å². The topological polar surface area (TPSA) is 97.7 Å². The SMILES string of the molecule is COC(=O)c1c(NC(=O)c2cc(S(=O)(=O)N3CCCCC3)cn2C)sc(C)c1C. The smallest absolute Gasteiger partial charge is 0.341 e.